The third kappa shape index (κ3) is 3.65. The Balaban J connectivity index is 2.38. The van der Waals surface area contributed by atoms with E-state index in [1.165, 1.54) is 10.6 Å². The Kier molecular flexibility index (Phi) is 5.57. The quantitative estimate of drug-likeness (QED) is 0.725. The Bertz CT molecular complexity index is 430. The van der Waals surface area contributed by atoms with Crippen LogP contribution >= 0.6 is 7.92 Å². The molecule has 0 bridgehead atoms. The monoisotopic (exact) mass is 272 g/mol. The van der Waals surface area contributed by atoms with Gasteiger partial charge in [-0.05, 0) is 25.0 Å². The first-order chi connectivity index (χ1) is 9.36. The first-order valence-electron chi connectivity index (χ1n) is 6.79. The van der Waals surface area contributed by atoms with Crippen LogP contribution in [0.5, 0.6) is 0 Å². The van der Waals surface area contributed by atoms with Crippen LogP contribution in [0.1, 0.15) is 19.8 Å². The van der Waals surface area contributed by atoms with E-state index in [0.717, 1.165) is 12.8 Å². The normalized spacial score (nSPS) is 12.6. The number of benzene rings is 2. The Hall–Kier alpha value is -1.17. The molecule has 2 aromatic rings. The Morgan fingerprint density at radius 3 is 1.74 bits per heavy atom. The van der Waals surface area contributed by atoms with E-state index in [2.05, 4.69) is 67.6 Å². The lowest BCUT2D eigenvalue weighted by Crippen LogP contribution is -2.23. The zero-order chi connectivity index (χ0) is 13.5. The molecule has 0 aromatic heterocycles. The van der Waals surface area contributed by atoms with E-state index in [1.807, 2.05) is 7.11 Å². The number of hydrogen-bond donors (Lipinski definition) is 0. The smallest absolute Gasteiger partial charge is 0.0844 e. The van der Waals surface area contributed by atoms with Gasteiger partial charge in [0.1, 0.15) is 0 Å². The third-order valence-electron chi connectivity index (χ3n) is 3.16. The summed E-state index contributed by atoms with van der Waals surface area (Å²) in [5, 5.41) is 2.79. The predicted molar refractivity (Wildman–Crippen MR) is 84.8 cm³/mol. The lowest BCUT2D eigenvalue weighted by molar-refractivity contribution is 0.162. The van der Waals surface area contributed by atoms with Crippen LogP contribution in [-0.4, -0.2) is 13.0 Å². The lowest BCUT2D eigenvalue weighted by Gasteiger charge is -2.27. The Morgan fingerprint density at radius 2 is 1.37 bits per heavy atom. The highest BCUT2D eigenvalue weighted by atomic mass is 31.1. The lowest BCUT2D eigenvalue weighted by atomic mass is 10.3. The molecule has 0 aliphatic heterocycles. The fourth-order valence-electron chi connectivity index (χ4n) is 2.26. The summed E-state index contributed by atoms with van der Waals surface area (Å²) in [6.45, 7) is 2.22. The van der Waals surface area contributed by atoms with Gasteiger partial charge in [-0.15, -0.1) is 0 Å². The Morgan fingerprint density at radius 1 is 0.895 bits per heavy atom. The maximum atomic E-state index is 5.79. The van der Waals surface area contributed by atoms with E-state index in [4.69, 9.17) is 4.74 Å². The summed E-state index contributed by atoms with van der Waals surface area (Å²) in [7, 11) is 1.39. The molecule has 0 N–H and O–H groups in total. The molecule has 0 radical (unpaired) electrons. The van der Waals surface area contributed by atoms with Crippen LogP contribution in [0.25, 0.3) is 0 Å². The molecule has 19 heavy (non-hydrogen) atoms. The maximum Gasteiger partial charge on any atom is 0.0844 e. The molecule has 0 saturated carbocycles. The topological polar surface area (TPSA) is 9.23 Å². The number of ether oxygens (including phenoxy) is 1. The van der Waals surface area contributed by atoms with E-state index >= 15 is 0 Å². The highest BCUT2D eigenvalue weighted by Gasteiger charge is 2.23. The van der Waals surface area contributed by atoms with Crippen LogP contribution in [0.4, 0.5) is 0 Å². The van der Waals surface area contributed by atoms with Crippen molar-refractivity contribution in [2.45, 2.75) is 25.6 Å². The molecule has 0 saturated heterocycles. The summed E-state index contributed by atoms with van der Waals surface area (Å²) in [4.78, 5) is 0. The average molecular weight is 272 g/mol. The molecule has 0 aliphatic carbocycles. The third-order valence-corrected chi connectivity index (χ3v) is 5.92. The highest BCUT2D eigenvalue weighted by Crippen LogP contribution is 2.41. The van der Waals surface area contributed by atoms with Gasteiger partial charge in [-0.25, -0.2) is 0 Å². The predicted octanol–water partition coefficient (Wildman–Crippen LogP) is 3.89. The second-order valence-electron chi connectivity index (χ2n) is 4.52. The van der Waals surface area contributed by atoms with Gasteiger partial charge < -0.3 is 4.74 Å². The van der Waals surface area contributed by atoms with Crippen molar-refractivity contribution in [3.63, 3.8) is 0 Å². The van der Waals surface area contributed by atoms with Crippen molar-refractivity contribution in [1.82, 2.24) is 0 Å². The maximum absolute atomic E-state index is 5.79. The highest BCUT2D eigenvalue weighted by molar-refractivity contribution is 7.73. The zero-order valence-corrected chi connectivity index (χ0v) is 12.5. The van der Waals surface area contributed by atoms with Crippen LogP contribution in [0.3, 0.4) is 0 Å². The summed E-state index contributed by atoms with van der Waals surface area (Å²) < 4.78 is 5.79. The van der Waals surface area contributed by atoms with Crippen molar-refractivity contribution in [2.24, 2.45) is 0 Å². The van der Waals surface area contributed by atoms with Crippen LogP contribution in [-0.2, 0) is 4.74 Å². The molecule has 2 rings (SSSR count). The minimum atomic E-state index is -0.443. The molecule has 0 aliphatic rings. The molecule has 1 atom stereocenters. The molecule has 2 aromatic carbocycles. The van der Waals surface area contributed by atoms with Crippen molar-refractivity contribution < 1.29 is 4.74 Å². The van der Waals surface area contributed by atoms with Crippen LogP contribution < -0.4 is 10.6 Å². The van der Waals surface area contributed by atoms with Gasteiger partial charge in [-0.2, -0.15) is 0 Å². The second kappa shape index (κ2) is 7.43. The molecule has 1 nitrogen and oxygen atoms in total. The van der Waals surface area contributed by atoms with Crippen LogP contribution in [0.15, 0.2) is 60.7 Å². The molecular formula is C17H21OP. The van der Waals surface area contributed by atoms with Crippen molar-refractivity contribution in [3.8, 4) is 0 Å². The summed E-state index contributed by atoms with van der Waals surface area (Å²) in [5.41, 5.74) is 0. The van der Waals surface area contributed by atoms with E-state index < -0.39 is 7.92 Å². The number of rotatable bonds is 6. The summed E-state index contributed by atoms with van der Waals surface area (Å²) in [6.07, 6.45) is 2.25. The van der Waals surface area contributed by atoms with Crippen LogP contribution in [0, 0.1) is 0 Å². The second-order valence-corrected chi connectivity index (χ2v) is 6.87. The van der Waals surface area contributed by atoms with Crippen molar-refractivity contribution in [3.05, 3.63) is 60.7 Å². The number of methoxy groups -OCH3 is 1. The molecular weight excluding hydrogens is 251 g/mol. The summed E-state index contributed by atoms with van der Waals surface area (Å²) in [5.74, 6) is 0.296. The summed E-state index contributed by atoms with van der Waals surface area (Å²) in [6, 6.07) is 21.5. The molecule has 0 spiro atoms. The minimum Gasteiger partial charge on any atom is -0.376 e. The van der Waals surface area contributed by atoms with Gasteiger partial charge in [0.15, 0.2) is 0 Å². The van der Waals surface area contributed by atoms with Gasteiger partial charge in [0.25, 0.3) is 0 Å². The van der Waals surface area contributed by atoms with E-state index in [-0.39, 0.29) is 0 Å². The van der Waals surface area contributed by atoms with Gasteiger partial charge >= 0.3 is 0 Å². The van der Waals surface area contributed by atoms with E-state index in [0.29, 0.717) is 5.85 Å². The van der Waals surface area contributed by atoms with Gasteiger partial charge in [0.2, 0.25) is 0 Å². The van der Waals surface area contributed by atoms with E-state index in [1.54, 1.807) is 0 Å². The van der Waals surface area contributed by atoms with Crippen molar-refractivity contribution in [2.75, 3.05) is 7.11 Å². The fraction of sp³-hybridized carbons (Fsp3) is 0.294. The average Bonchev–Trinajstić information content (AvgIpc) is 2.49. The van der Waals surface area contributed by atoms with Gasteiger partial charge in [-0.3, -0.25) is 0 Å². The zero-order valence-electron chi connectivity index (χ0n) is 11.6. The standard InChI is InChI=1S/C17H21OP/c1-3-10-17(18-2)19(15-11-6-4-7-12-15)16-13-8-5-9-14-16/h4-9,11-14,17H,3,10H2,1-2H3. The number of hydrogen-bond acceptors (Lipinski definition) is 1. The van der Waals surface area contributed by atoms with Crippen molar-refractivity contribution in [1.29, 1.82) is 0 Å². The largest absolute Gasteiger partial charge is 0.376 e. The minimum absolute atomic E-state index is 0.296. The fourth-order valence-corrected chi connectivity index (χ4v) is 4.94. The van der Waals surface area contributed by atoms with Gasteiger partial charge in [0, 0.05) is 7.11 Å². The van der Waals surface area contributed by atoms with Gasteiger partial charge in [0.05, 0.1) is 5.85 Å². The molecule has 1 unspecified atom stereocenters. The first kappa shape index (κ1) is 14.2. The van der Waals surface area contributed by atoms with Crippen LogP contribution in [0.2, 0.25) is 0 Å². The Labute approximate surface area is 117 Å². The molecule has 0 fully saturated rings. The molecule has 2 heteroatoms. The SMILES string of the molecule is CCCC(OC)P(c1ccccc1)c1ccccc1. The summed E-state index contributed by atoms with van der Waals surface area (Å²) >= 11 is 0. The van der Waals surface area contributed by atoms with Gasteiger partial charge in [-0.1, -0.05) is 74.0 Å². The first-order valence-corrected chi connectivity index (χ1v) is 8.20. The van der Waals surface area contributed by atoms with E-state index in [9.17, 15) is 0 Å². The molecule has 0 heterocycles. The molecule has 0 amide bonds. The molecule has 100 valence electrons. The van der Waals surface area contributed by atoms with Crippen molar-refractivity contribution >= 4 is 18.5 Å².